The molecule has 1 nitrogen and oxygen atoms in total. The first kappa shape index (κ1) is 23.0. The van der Waals surface area contributed by atoms with Crippen molar-refractivity contribution < 1.29 is 0 Å². The van der Waals surface area contributed by atoms with Crippen LogP contribution in [0.15, 0.2) is 140 Å². The van der Waals surface area contributed by atoms with Crippen LogP contribution in [-0.2, 0) is 0 Å². The van der Waals surface area contributed by atoms with Crippen LogP contribution in [0.1, 0.15) is 0 Å². The molecule has 0 aliphatic heterocycles. The summed E-state index contributed by atoms with van der Waals surface area (Å²) in [6, 6.07) is 45.4. The average molecular weight is 498 g/mol. The van der Waals surface area contributed by atoms with Gasteiger partial charge in [0.2, 0.25) is 0 Å². The number of allylic oxidation sites excluding steroid dienone is 1. The Kier molecular flexibility index (Phi) is 5.49. The van der Waals surface area contributed by atoms with E-state index < -0.39 is 0 Å². The van der Waals surface area contributed by atoms with Crippen molar-refractivity contribution in [3.05, 3.63) is 150 Å². The molecule has 0 N–H and O–H groups in total. The van der Waals surface area contributed by atoms with Crippen LogP contribution in [0.5, 0.6) is 0 Å². The molecule has 39 heavy (non-hydrogen) atoms. The maximum absolute atomic E-state index is 4.62. The van der Waals surface area contributed by atoms with Gasteiger partial charge in [-0.25, -0.2) is 0 Å². The summed E-state index contributed by atoms with van der Waals surface area (Å²) >= 11 is 0. The third-order valence-electron chi connectivity index (χ3n) is 7.70. The second-order valence-corrected chi connectivity index (χ2v) is 9.87. The number of fused-ring (bicyclic) bond motifs is 4. The molecular formula is C38H27N. The van der Waals surface area contributed by atoms with Crippen LogP contribution in [0.3, 0.4) is 0 Å². The maximum atomic E-state index is 4.62. The highest BCUT2D eigenvalue weighted by atomic mass is 15.0. The highest BCUT2D eigenvalue weighted by Gasteiger charge is 2.15. The fourth-order valence-corrected chi connectivity index (χ4v) is 6.04. The normalized spacial score (nSPS) is 11.9. The van der Waals surface area contributed by atoms with E-state index in [0.717, 1.165) is 27.3 Å². The summed E-state index contributed by atoms with van der Waals surface area (Å²) in [5, 5.41) is 7.07. The van der Waals surface area contributed by atoms with Gasteiger partial charge < -0.3 is 4.57 Å². The minimum absolute atomic E-state index is 1.01. The van der Waals surface area contributed by atoms with Crippen molar-refractivity contribution in [2.45, 2.75) is 0 Å². The smallest absolute Gasteiger partial charge is 0.0541 e. The molecule has 0 radical (unpaired) electrons. The lowest BCUT2D eigenvalue weighted by molar-refractivity contribution is 1.18. The Labute approximate surface area is 227 Å². The lowest BCUT2D eigenvalue weighted by Gasteiger charge is -2.16. The molecule has 0 amide bonds. The van der Waals surface area contributed by atoms with E-state index in [1.807, 2.05) is 6.08 Å². The molecule has 0 atom stereocenters. The van der Waals surface area contributed by atoms with E-state index in [1.165, 1.54) is 43.7 Å². The molecule has 0 unspecified atom stereocenters. The topological polar surface area (TPSA) is 4.93 Å². The number of nitrogens with zero attached hydrogens (tertiary/aromatic N) is 1. The summed E-state index contributed by atoms with van der Waals surface area (Å²) in [6.07, 6.45) is 3.95. The summed E-state index contributed by atoms with van der Waals surface area (Å²) in [7, 11) is 0. The van der Waals surface area contributed by atoms with Gasteiger partial charge >= 0.3 is 0 Å². The lowest BCUT2D eigenvalue weighted by atomic mass is 9.88. The average Bonchev–Trinajstić information content (AvgIpc) is 3.33. The molecule has 6 aromatic carbocycles. The zero-order valence-electron chi connectivity index (χ0n) is 21.6. The van der Waals surface area contributed by atoms with E-state index in [9.17, 15) is 0 Å². The zero-order valence-corrected chi connectivity index (χ0v) is 21.6. The second-order valence-electron chi connectivity index (χ2n) is 9.87. The zero-order chi connectivity index (χ0) is 26.3. The van der Waals surface area contributed by atoms with Crippen LogP contribution in [0, 0.1) is 0 Å². The molecule has 0 saturated heterocycles. The molecule has 0 aliphatic carbocycles. The first-order chi connectivity index (χ1) is 19.3. The molecule has 184 valence electrons. The van der Waals surface area contributed by atoms with Crippen LogP contribution in [0.4, 0.5) is 0 Å². The monoisotopic (exact) mass is 497 g/mol. The Bertz CT molecular complexity index is 2080. The molecule has 0 saturated carbocycles. The van der Waals surface area contributed by atoms with E-state index >= 15 is 0 Å². The molecule has 0 fully saturated rings. The molecule has 1 heterocycles. The highest BCUT2D eigenvalue weighted by molar-refractivity contribution is 6.09. The van der Waals surface area contributed by atoms with Gasteiger partial charge in [0.25, 0.3) is 0 Å². The van der Waals surface area contributed by atoms with Gasteiger partial charge in [-0.3, -0.25) is 0 Å². The first-order valence-corrected chi connectivity index (χ1v) is 13.3. The summed E-state index contributed by atoms with van der Waals surface area (Å²) < 4.78 is 2.35. The van der Waals surface area contributed by atoms with Crippen molar-refractivity contribution in [1.82, 2.24) is 4.57 Å². The van der Waals surface area contributed by atoms with E-state index in [0.29, 0.717) is 0 Å². The Morgan fingerprint density at radius 3 is 1.56 bits per heavy atom. The number of hydrogen-bond acceptors (Lipinski definition) is 0. The summed E-state index contributed by atoms with van der Waals surface area (Å²) in [5.41, 5.74) is 8.26. The number of benzene rings is 6. The summed E-state index contributed by atoms with van der Waals surface area (Å²) in [4.78, 5) is 0. The molecule has 7 aromatic rings. The number of para-hydroxylation sites is 2. The van der Waals surface area contributed by atoms with E-state index in [1.54, 1.807) is 0 Å². The van der Waals surface area contributed by atoms with Crippen molar-refractivity contribution in [2.75, 3.05) is 0 Å². The Morgan fingerprint density at radius 1 is 0.487 bits per heavy atom. The van der Waals surface area contributed by atoms with Gasteiger partial charge in [0.1, 0.15) is 0 Å². The minimum Gasteiger partial charge on any atom is -0.309 e. The van der Waals surface area contributed by atoms with Crippen molar-refractivity contribution in [1.29, 1.82) is 0 Å². The van der Waals surface area contributed by atoms with E-state index in [2.05, 4.69) is 151 Å². The fourth-order valence-electron chi connectivity index (χ4n) is 6.04. The third-order valence-corrected chi connectivity index (χ3v) is 7.70. The molecule has 1 heteroatoms. The third kappa shape index (κ3) is 3.63. The van der Waals surface area contributed by atoms with Gasteiger partial charge in [0.05, 0.1) is 11.0 Å². The van der Waals surface area contributed by atoms with Crippen molar-refractivity contribution in [2.24, 2.45) is 0 Å². The molecule has 1 aromatic heterocycles. The van der Waals surface area contributed by atoms with Crippen LogP contribution in [-0.4, -0.2) is 4.57 Å². The Hall–Kier alpha value is -5.14. The van der Waals surface area contributed by atoms with Crippen molar-refractivity contribution in [3.8, 4) is 27.9 Å². The van der Waals surface area contributed by atoms with Crippen molar-refractivity contribution >= 4 is 45.2 Å². The number of aromatic nitrogens is 1. The number of hydrogen-bond donors (Lipinski definition) is 0. The molecule has 0 aliphatic rings. The molecule has 0 spiro atoms. The van der Waals surface area contributed by atoms with Crippen LogP contribution in [0.2, 0.25) is 0 Å². The van der Waals surface area contributed by atoms with Gasteiger partial charge in [-0.1, -0.05) is 128 Å². The van der Waals surface area contributed by atoms with Gasteiger partial charge in [0, 0.05) is 16.5 Å². The largest absolute Gasteiger partial charge is 0.309 e. The van der Waals surface area contributed by atoms with Gasteiger partial charge in [-0.15, -0.1) is 0 Å². The van der Waals surface area contributed by atoms with Crippen LogP contribution < -0.4 is 10.4 Å². The van der Waals surface area contributed by atoms with E-state index in [-0.39, 0.29) is 0 Å². The SMILES string of the molecule is C=C/C=c1/c(-c2ccccc2)c2ccccc2c(-c2ccc(-n3c4ccccc4c4ccccc43)cc2)c1=C. The predicted molar refractivity (Wildman–Crippen MR) is 169 cm³/mol. The maximum Gasteiger partial charge on any atom is 0.0541 e. The molecule has 0 bridgehead atoms. The summed E-state index contributed by atoms with van der Waals surface area (Å²) in [6.45, 7) is 8.64. The standard InChI is InChI=1S/C38H27N/c1-3-13-30-26(2)37(33-18-7-8-19-34(33)38(30)27-14-5-4-6-15-27)28-22-24-29(25-23-28)39-35-20-11-9-16-31(35)32-17-10-12-21-36(32)39/h3-25H,1-2H2/b30-13+. The van der Waals surface area contributed by atoms with Crippen LogP contribution in [0.25, 0.3) is 73.2 Å². The van der Waals surface area contributed by atoms with E-state index in [4.69, 9.17) is 0 Å². The fraction of sp³-hybridized carbons (Fsp3) is 0. The minimum atomic E-state index is 1.01. The van der Waals surface area contributed by atoms with Crippen LogP contribution >= 0.6 is 0 Å². The van der Waals surface area contributed by atoms with Crippen molar-refractivity contribution in [3.63, 3.8) is 0 Å². The second kappa shape index (κ2) is 9.31. The van der Waals surface area contributed by atoms with Gasteiger partial charge in [-0.2, -0.15) is 0 Å². The summed E-state index contributed by atoms with van der Waals surface area (Å²) in [5.74, 6) is 0. The highest BCUT2D eigenvalue weighted by Crippen LogP contribution is 2.34. The predicted octanol–water partition coefficient (Wildman–Crippen LogP) is 8.65. The van der Waals surface area contributed by atoms with Gasteiger partial charge in [-0.05, 0) is 67.7 Å². The number of rotatable bonds is 4. The molecular weight excluding hydrogens is 470 g/mol. The lowest BCUT2D eigenvalue weighted by Crippen LogP contribution is -2.28. The van der Waals surface area contributed by atoms with Gasteiger partial charge in [0.15, 0.2) is 0 Å². The quantitative estimate of drug-likeness (QED) is 0.229. The Morgan fingerprint density at radius 2 is 0.974 bits per heavy atom. The molecule has 7 rings (SSSR count). The first-order valence-electron chi connectivity index (χ1n) is 13.3. The Balaban J connectivity index is 1.48.